The third-order valence-corrected chi connectivity index (χ3v) is 8.46. The van der Waals surface area contributed by atoms with Gasteiger partial charge in [-0.25, -0.2) is 4.79 Å². The lowest BCUT2D eigenvalue weighted by molar-refractivity contribution is -0.135. The van der Waals surface area contributed by atoms with E-state index in [4.69, 9.17) is 0 Å². The number of aromatic nitrogens is 1. The first-order valence-electron chi connectivity index (χ1n) is 13.5. The normalized spacial score (nSPS) is 18.5. The standard InChI is InChI=1S/C31H34N4O2/c1-2-35-30(37)34(16-6-8-23-7-5-15-32-21-23)29(36)31(35)13-17-33(18-14-31)22-24-11-12-28-26(19-24)20-25-9-3-4-10-27(25)28/h3-5,7,9-12,15,19,21H,2,6,8,13-14,16-18,20,22H2,1H3. The third-order valence-electron chi connectivity index (χ3n) is 8.46. The van der Waals surface area contributed by atoms with Crippen molar-refractivity contribution in [1.82, 2.24) is 19.7 Å². The number of likely N-dealkylation sites (tertiary alicyclic amines) is 1. The number of nitrogens with zero attached hydrogens (tertiary/aromatic N) is 4. The van der Waals surface area contributed by atoms with E-state index in [1.165, 1.54) is 32.7 Å². The highest BCUT2D eigenvalue weighted by atomic mass is 16.2. The van der Waals surface area contributed by atoms with E-state index >= 15 is 0 Å². The summed E-state index contributed by atoms with van der Waals surface area (Å²) in [7, 11) is 0. The number of fused-ring (bicyclic) bond motifs is 3. The summed E-state index contributed by atoms with van der Waals surface area (Å²) < 4.78 is 0. The number of imide groups is 1. The maximum absolute atomic E-state index is 13.6. The van der Waals surface area contributed by atoms with Gasteiger partial charge in [-0.15, -0.1) is 0 Å². The van der Waals surface area contributed by atoms with Crippen molar-refractivity contribution in [1.29, 1.82) is 0 Å². The summed E-state index contributed by atoms with van der Waals surface area (Å²) in [6.07, 6.45) is 7.57. The molecule has 2 fully saturated rings. The number of likely N-dealkylation sites (N-methyl/N-ethyl adjacent to an activating group) is 1. The van der Waals surface area contributed by atoms with Gasteiger partial charge in [0.05, 0.1) is 0 Å². The Morgan fingerprint density at radius 3 is 2.51 bits per heavy atom. The molecule has 3 aliphatic rings. The van der Waals surface area contributed by atoms with Gasteiger partial charge >= 0.3 is 6.03 Å². The summed E-state index contributed by atoms with van der Waals surface area (Å²) >= 11 is 0. The Morgan fingerprint density at radius 2 is 1.73 bits per heavy atom. The molecule has 0 unspecified atom stereocenters. The second-order valence-corrected chi connectivity index (χ2v) is 10.6. The number of urea groups is 1. The van der Waals surface area contributed by atoms with E-state index < -0.39 is 5.54 Å². The second-order valence-electron chi connectivity index (χ2n) is 10.6. The van der Waals surface area contributed by atoms with Crippen LogP contribution in [0.4, 0.5) is 4.79 Å². The van der Waals surface area contributed by atoms with E-state index in [0.717, 1.165) is 44.5 Å². The van der Waals surface area contributed by atoms with Crippen LogP contribution in [-0.2, 0) is 24.2 Å². The molecular weight excluding hydrogens is 460 g/mol. The number of piperidine rings is 1. The van der Waals surface area contributed by atoms with E-state index in [-0.39, 0.29) is 11.9 Å². The minimum Gasteiger partial charge on any atom is -0.310 e. The molecule has 37 heavy (non-hydrogen) atoms. The van der Waals surface area contributed by atoms with Crippen molar-refractivity contribution in [3.05, 3.63) is 89.2 Å². The lowest BCUT2D eigenvalue weighted by atomic mass is 9.85. The molecule has 0 N–H and O–H groups in total. The van der Waals surface area contributed by atoms with Crippen molar-refractivity contribution in [2.45, 2.75) is 51.1 Å². The fraction of sp³-hybridized carbons (Fsp3) is 0.387. The topological polar surface area (TPSA) is 56.8 Å². The minimum absolute atomic E-state index is 0.000446. The maximum atomic E-state index is 13.6. The number of aryl methyl sites for hydroxylation is 1. The summed E-state index contributed by atoms with van der Waals surface area (Å²) in [5.74, 6) is 0.000446. The summed E-state index contributed by atoms with van der Waals surface area (Å²) in [5, 5.41) is 0. The fourth-order valence-corrected chi connectivity index (χ4v) is 6.52. The van der Waals surface area contributed by atoms with Gasteiger partial charge in [0.1, 0.15) is 5.54 Å². The van der Waals surface area contributed by atoms with Crippen LogP contribution < -0.4 is 0 Å². The van der Waals surface area contributed by atoms with E-state index in [2.05, 4.69) is 52.3 Å². The van der Waals surface area contributed by atoms with Crippen molar-refractivity contribution in [3.63, 3.8) is 0 Å². The van der Waals surface area contributed by atoms with Gasteiger partial charge in [0.15, 0.2) is 0 Å². The van der Waals surface area contributed by atoms with Gasteiger partial charge in [-0.1, -0.05) is 48.5 Å². The second kappa shape index (κ2) is 9.75. The molecule has 0 atom stereocenters. The largest absolute Gasteiger partial charge is 0.327 e. The van der Waals surface area contributed by atoms with Gasteiger partial charge in [-0.2, -0.15) is 0 Å². The van der Waals surface area contributed by atoms with Gasteiger partial charge < -0.3 is 4.90 Å². The number of amides is 3. The number of carbonyl (C=O) groups excluding carboxylic acids is 2. The lowest BCUT2D eigenvalue weighted by Crippen LogP contribution is -2.56. The van der Waals surface area contributed by atoms with Crippen LogP contribution in [0.1, 0.15) is 48.4 Å². The Kier molecular flexibility index (Phi) is 6.29. The average molecular weight is 495 g/mol. The van der Waals surface area contributed by atoms with E-state index in [9.17, 15) is 9.59 Å². The zero-order valence-corrected chi connectivity index (χ0v) is 21.5. The van der Waals surface area contributed by atoms with Crippen molar-refractivity contribution in [2.75, 3.05) is 26.2 Å². The molecule has 6 heteroatoms. The molecule has 2 aromatic carbocycles. The zero-order valence-electron chi connectivity index (χ0n) is 21.5. The molecule has 0 bridgehead atoms. The van der Waals surface area contributed by atoms with E-state index in [1.54, 1.807) is 6.20 Å². The SMILES string of the molecule is CCN1C(=O)N(CCCc2cccnc2)C(=O)C12CCN(Cc1ccc3c(c1)Cc1ccccc1-3)CC2. The predicted molar refractivity (Wildman–Crippen MR) is 144 cm³/mol. The predicted octanol–water partition coefficient (Wildman–Crippen LogP) is 4.90. The highest BCUT2D eigenvalue weighted by molar-refractivity contribution is 6.07. The van der Waals surface area contributed by atoms with Crippen LogP contribution in [0.5, 0.6) is 0 Å². The van der Waals surface area contributed by atoms with Crippen LogP contribution in [-0.4, -0.2) is 63.3 Å². The molecule has 6 rings (SSSR count). The molecule has 190 valence electrons. The average Bonchev–Trinajstić information content (AvgIpc) is 3.38. The Labute approximate surface area is 218 Å². The number of hydrogen-bond acceptors (Lipinski definition) is 4. The van der Waals surface area contributed by atoms with Crippen LogP contribution >= 0.6 is 0 Å². The van der Waals surface area contributed by atoms with Gasteiger partial charge in [0, 0.05) is 45.1 Å². The minimum atomic E-state index is -0.684. The Balaban J connectivity index is 1.09. The molecule has 6 nitrogen and oxygen atoms in total. The smallest absolute Gasteiger partial charge is 0.310 e. The molecule has 2 saturated heterocycles. The quantitative estimate of drug-likeness (QED) is 0.343. The van der Waals surface area contributed by atoms with Crippen LogP contribution in [0.3, 0.4) is 0 Å². The Morgan fingerprint density at radius 1 is 0.919 bits per heavy atom. The Bertz CT molecular complexity index is 1310. The molecule has 1 aliphatic carbocycles. The number of hydrogen-bond donors (Lipinski definition) is 0. The van der Waals surface area contributed by atoms with Crippen LogP contribution in [0.2, 0.25) is 0 Å². The first-order chi connectivity index (χ1) is 18.1. The van der Waals surface area contributed by atoms with Crippen LogP contribution in [0.25, 0.3) is 11.1 Å². The molecule has 1 spiro atoms. The summed E-state index contributed by atoms with van der Waals surface area (Å²) in [5.41, 5.74) is 7.29. The van der Waals surface area contributed by atoms with Gasteiger partial charge in [-0.05, 0) is 78.5 Å². The Hall–Kier alpha value is -3.51. The van der Waals surface area contributed by atoms with E-state index in [1.807, 2.05) is 30.2 Å². The molecule has 0 saturated carbocycles. The highest BCUT2D eigenvalue weighted by Crippen LogP contribution is 2.39. The first kappa shape index (κ1) is 23.9. The fourth-order valence-electron chi connectivity index (χ4n) is 6.52. The molecule has 1 aromatic heterocycles. The maximum Gasteiger partial charge on any atom is 0.327 e. The van der Waals surface area contributed by atoms with Gasteiger partial charge in [0.2, 0.25) is 0 Å². The summed E-state index contributed by atoms with van der Waals surface area (Å²) in [4.78, 5) is 36.8. The van der Waals surface area contributed by atoms with Gasteiger partial charge in [0.25, 0.3) is 5.91 Å². The van der Waals surface area contributed by atoms with Crippen molar-refractivity contribution < 1.29 is 9.59 Å². The van der Waals surface area contributed by atoms with E-state index in [0.29, 0.717) is 25.9 Å². The number of rotatable bonds is 7. The number of pyridine rings is 1. The first-order valence-corrected chi connectivity index (χ1v) is 13.5. The molecule has 0 radical (unpaired) electrons. The van der Waals surface area contributed by atoms with Crippen LogP contribution in [0.15, 0.2) is 67.0 Å². The monoisotopic (exact) mass is 494 g/mol. The number of carbonyl (C=O) groups is 2. The van der Waals surface area contributed by atoms with Gasteiger partial charge in [-0.3, -0.25) is 19.6 Å². The molecule has 3 heterocycles. The highest BCUT2D eigenvalue weighted by Gasteiger charge is 2.57. The van der Waals surface area contributed by atoms with Crippen molar-refractivity contribution >= 4 is 11.9 Å². The lowest BCUT2D eigenvalue weighted by Gasteiger charge is -2.42. The van der Waals surface area contributed by atoms with Crippen molar-refractivity contribution in [3.8, 4) is 11.1 Å². The zero-order chi connectivity index (χ0) is 25.4. The summed E-state index contributed by atoms with van der Waals surface area (Å²) in [6.45, 7) is 5.53. The molecule has 3 amide bonds. The van der Waals surface area contributed by atoms with Crippen molar-refractivity contribution in [2.24, 2.45) is 0 Å². The molecular formula is C31H34N4O2. The molecule has 3 aromatic rings. The number of benzene rings is 2. The molecule has 2 aliphatic heterocycles. The van der Waals surface area contributed by atoms with Crippen LogP contribution in [0, 0.1) is 0 Å². The third kappa shape index (κ3) is 4.23. The summed E-state index contributed by atoms with van der Waals surface area (Å²) in [6, 6.07) is 19.4.